The van der Waals surface area contributed by atoms with Crippen molar-refractivity contribution in [1.82, 2.24) is 5.32 Å². The Balaban J connectivity index is 1.93. The van der Waals surface area contributed by atoms with Crippen molar-refractivity contribution < 1.29 is 19.4 Å². The first-order valence-corrected chi connectivity index (χ1v) is 6.32. The molecule has 0 aliphatic heterocycles. The predicted octanol–water partition coefficient (Wildman–Crippen LogP) is 1.68. The molecule has 0 saturated heterocycles. The molecule has 3 N–H and O–H groups in total. The number of carboxylic acids is 1. The maximum absolute atomic E-state index is 10.8. The molecule has 1 aromatic rings. The Bertz CT molecular complexity index is 427. The molecular formula is C13H19NO4. The van der Waals surface area contributed by atoms with E-state index in [9.17, 15) is 9.90 Å². The first-order chi connectivity index (χ1) is 8.58. The molecule has 0 radical (unpaired) electrons. The van der Waals surface area contributed by atoms with Gasteiger partial charge in [-0.25, -0.2) is 4.79 Å². The van der Waals surface area contributed by atoms with Crippen molar-refractivity contribution in [2.24, 2.45) is 0 Å². The minimum absolute atomic E-state index is 0.00371. The normalized spacial score (nSPS) is 24.1. The maximum atomic E-state index is 10.8. The molecule has 18 heavy (non-hydrogen) atoms. The Kier molecular flexibility index (Phi) is 4.04. The number of aryl methyl sites for hydroxylation is 1. The molecule has 0 aromatic carbocycles. The van der Waals surface area contributed by atoms with E-state index in [2.05, 4.69) is 5.32 Å². The number of carboxylic acid groups (broad SMARTS) is 1. The highest BCUT2D eigenvalue weighted by Crippen LogP contribution is 2.20. The van der Waals surface area contributed by atoms with Gasteiger partial charge in [-0.1, -0.05) is 12.8 Å². The van der Waals surface area contributed by atoms with E-state index < -0.39 is 5.97 Å². The van der Waals surface area contributed by atoms with Gasteiger partial charge in [0.1, 0.15) is 5.76 Å². The van der Waals surface area contributed by atoms with E-state index >= 15 is 0 Å². The lowest BCUT2D eigenvalue weighted by molar-refractivity contribution is 0.0656. The third kappa shape index (κ3) is 2.91. The summed E-state index contributed by atoms with van der Waals surface area (Å²) >= 11 is 0. The Hall–Kier alpha value is -1.33. The highest BCUT2D eigenvalue weighted by Gasteiger charge is 2.23. The van der Waals surface area contributed by atoms with Crippen LogP contribution < -0.4 is 5.32 Å². The van der Waals surface area contributed by atoms with Gasteiger partial charge < -0.3 is 19.9 Å². The van der Waals surface area contributed by atoms with Crippen molar-refractivity contribution in [3.8, 4) is 0 Å². The molecule has 1 saturated carbocycles. The van der Waals surface area contributed by atoms with Gasteiger partial charge in [0.25, 0.3) is 0 Å². The quantitative estimate of drug-likeness (QED) is 0.760. The summed E-state index contributed by atoms with van der Waals surface area (Å²) in [6, 6.07) is 1.81. The fourth-order valence-corrected chi connectivity index (χ4v) is 2.43. The van der Waals surface area contributed by atoms with Crippen molar-refractivity contribution >= 4 is 5.97 Å². The number of aromatic carboxylic acids is 1. The van der Waals surface area contributed by atoms with Crippen LogP contribution in [0.4, 0.5) is 0 Å². The average molecular weight is 253 g/mol. The van der Waals surface area contributed by atoms with Gasteiger partial charge in [0.05, 0.1) is 12.6 Å². The monoisotopic (exact) mass is 253 g/mol. The summed E-state index contributed by atoms with van der Waals surface area (Å²) in [5.41, 5.74) is 0.628. The van der Waals surface area contributed by atoms with Gasteiger partial charge in [-0.3, -0.25) is 0 Å². The summed E-state index contributed by atoms with van der Waals surface area (Å²) < 4.78 is 5.26. The van der Waals surface area contributed by atoms with Crippen molar-refractivity contribution in [2.45, 2.75) is 51.3 Å². The van der Waals surface area contributed by atoms with Gasteiger partial charge in [0.2, 0.25) is 5.76 Å². The molecule has 2 rings (SSSR count). The van der Waals surface area contributed by atoms with Crippen molar-refractivity contribution in [3.05, 3.63) is 23.2 Å². The number of hydrogen-bond donors (Lipinski definition) is 3. The molecule has 1 aliphatic carbocycles. The van der Waals surface area contributed by atoms with Crippen molar-refractivity contribution in [1.29, 1.82) is 0 Å². The molecular weight excluding hydrogens is 234 g/mol. The minimum Gasteiger partial charge on any atom is -0.475 e. The minimum atomic E-state index is -1.04. The number of aliphatic hydroxyl groups is 1. The van der Waals surface area contributed by atoms with Crippen molar-refractivity contribution in [3.63, 3.8) is 0 Å². The predicted molar refractivity (Wildman–Crippen MR) is 65.5 cm³/mol. The summed E-state index contributed by atoms with van der Waals surface area (Å²) in [5.74, 6) is -0.449. The van der Waals surface area contributed by atoms with Crippen LogP contribution >= 0.6 is 0 Å². The van der Waals surface area contributed by atoms with Crippen LogP contribution in [0.2, 0.25) is 0 Å². The van der Waals surface area contributed by atoms with Crippen LogP contribution in [0.15, 0.2) is 10.5 Å². The van der Waals surface area contributed by atoms with Gasteiger partial charge in [-0.2, -0.15) is 0 Å². The molecule has 1 heterocycles. The average Bonchev–Trinajstić information content (AvgIpc) is 2.70. The zero-order valence-electron chi connectivity index (χ0n) is 10.5. The first kappa shape index (κ1) is 13.1. The van der Waals surface area contributed by atoms with Crippen LogP contribution in [0.25, 0.3) is 0 Å². The van der Waals surface area contributed by atoms with Crippen LogP contribution in [-0.4, -0.2) is 28.3 Å². The molecule has 1 fully saturated rings. The van der Waals surface area contributed by atoms with Crippen LogP contribution in [0, 0.1) is 6.92 Å². The second-order valence-electron chi connectivity index (χ2n) is 4.87. The number of furan rings is 1. The Morgan fingerprint density at radius 1 is 1.50 bits per heavy atom. The van der Waals surface area contributed by atoms with E-state index in [1.807, 2.05) is 0 Å². The van der Waals surface area contributed by atoms with E-state index in [-0.39, 0.29) is 17.9 Å². The third-order valence-electron chi connectivity index (χ3n) is 3.43. The number of aliphatic hydroxyl groups excluding tert-OH is 1. The van der Waals surface area contributed by atoms with E-state index in [0.717, 1.165) is 25.7 Å². The molecule has 0 amide bonds. The molecule has 2 unspecified atom stereocenters. The highest BCUT2D eigenvalue weighted by molar-refractivity contribution is 5.86. The molecule has 0 spiro atoms. The van der Waals surface area contributed by atoms with Gasteiger partial charge in [0, 0.05) is 11.6 Å². The van der Waals surface area contributed by atoms with E-state index in [1.165, 1.54) is 0 Å². The Labute approximate surface area is 106 Å². The summed E-state index contributed by atoms with van der Waals surface area (Å²) in [4.78, 5) is 10.8. The zero-order valence-corrected chi connectivity index (χ0v) is 10.5. The maximum Gasteiger partial charge on any atom is 0.372 e. The highest BCUT2D eigenvalue weighted by atomic mass is 16.4. The standard InChI is InChI=1S/C13H19NO4/c1-8-6-9(18-12(8)13(16)17)7-14-10-4-2-3-5-11(10)15/h6,10-11,14-15H,2-5,7H2,1H3,(H,16,17). The van der Waals surface area contributed by atoms with Crippen LogP contribution in [-0.2, 0) is 6.54 Å². The van der Waals surface area contributed by atoms with Crippen molar-refractivity contribution in [2.75, 3.05) is 0 Å². The van der Waals surface area contributed by atoms with E-state index in [1.54, 1.807) is 13.0 Å². The fraction of sp³-hybridized carbons (Fsp3) is 0.615. The molecule has 5 nitrogen and oxygen atoms in total. The van der Waals surface area contributed by atoms with Crippen LogP contribution in [0.1, 0.15) is 47.6 Å². The van der Waals surface area contributed by atoms with Crippen LogP contribution in [0.5, 0.6) is 0 Å². The summed E-state index contributed by atoms with van der Waals surface area (Å²) in [7, 11) is 0. The lowest BCUT2D eigenvalue weighted by Gasteiger charge is -2.28. The molecule has 0 bridgehead atoms. The first-order valence-electron chi connectivity index (χ1n) is 6.32. The summed E-state index contributed by atoms with van der Waals surface area (Å²) in [6.45, 7) is 2.17. The summed E-state index contributed by atoms with van der Waals surface area (Å²) in [6.07, 6.45) is 3.66. The lowest BCUT2D eigenvalue weighted by atomic mass is 9.92. The van der Waals surface area contributed by atoms with Gasteiger partial charge in [-0.05, 0) is 25.8 Å². The number of carbonyl (C=O) groups is 1. The summed E-state index contributed by atoms with van der Waals surface area (Å²) in [5, 5.41) is 21.9. The second-order valence-corrected chi connectivity index (χ2v) is 4.87. The smallest absolute Gasteiger partial charge is 0.372 e. The molecule has 5 heteroatoms. The lowest BCUT2D eigenvalue weighted by Crippen LogP contribution is -2.41. The van der Waals surface area contributed by atoms with Gasteiger partial charge in [-0.15, -0.1) is 0 Å². The van der Waals surface area contributed by atoms with Gasteiger partial charge >= 0.3 is 5.97 Å². The number of hydrogen-bond acceptors (Lipinski definition) is 4. The Morgan fingerprint density at radius 3 is 2.83 bits per heavy atom. The van der Waals surface area contributed by atoms with E-state index in [0.29, 0.717) is 17.9 Å². The van der Waals surface area contributed by atoms with E-state index in [4.69, 9.17) is 9.52 Å². The van der Waals surface area contributed by atoms with Crippen LogP contribution in [0.3, 0.4) is 0 Å². The second kappa shape index (κ2) is 5.54. The Morgan fingerprint density at radius 2 is 2.22 bits per heavy atom. The fourth-order valence-electron chi connectivity index (χ4n) is 2.43. The zero-order chi connectivity index (χ0) is 13.1. The van der Waals surface area contributed by atoms with Gasteiger partial charge in [0.15, 0.2) is 0 Å². The SMILES string of the molecule is Cc1cc(CNC2CCCCC2O)oc1C(=O)O. The number of nitrogens with one attached hydrogen (secondary N) is 1. The number of rotatable bonds is 4. The molecule has 1 aliphatic rings. The molecule has 1 aromatic heterocycles. The molecule has 2 atom stereocenters. The largest absolute Gasteiger partial charge is 0.475 e. The topological polar surface area (TPSA) is 82.7 Å². The third-order valence-corrected chi connectivity index (χ3v) is 3.43. The molecule has 100 valence electrons.